The van der Waals surface area contributed by atoms with Gasteiger partial charge in [-0.1, -0.05) is 18.2 Å². The topological polar surface area (TPSA) is 69.6 Å². The highest BCUT2D eigenvalue weighted by atomic mass is 32.1. The third-order valence-electron chi connectivity index (χ3n) is 6.31. The maximum absolute atomic E-state index is 12.9. The van der Waals surface area contributed by atoms with Crippen LogP contribution in [0, 0.1) is 6.92 Å². The summed E-state index contributed by atoms with van der Waals surface area (Å²) in [6.45, 7) is 5.56. The maximum Gasteiger partial charge on any atom is 0.282 e. The fraction of sp³-hybridized carbons (Fsp3) is 0.333. The third-order valence-corrected chi connectivity index (χ3v) is 7.07. The quantitative estimate of drug-likeness (QED) is 0.615. The van der Waals surface area contributed by atoms with Crippen molar-refractivity contribution in [1.82, 2.24) is 19.8 Å². The third kappa shape index (κ3) is 4.03. The van der Waals surface area contributed by atoms with Gasteiger partial charge in [0.15, 0.2) is 5.01 Å². The molecule has 1 aromatic carbocycles. The summed E-state index contributed by atoms with van der Waals surface area (Å²) in [5.41, 5.74) is 4.05. The monoisotopic (exact) mass is 447 g/mol. The van der Waals surface area contributed by atoms with Crippen LogP contribution in [-0.2, 0) is 4.79 Å². The summed E-state index contributed by atoms with van der Waals surface area (Å²) in [6.07, 6.45) is 3.97. The van der Waals surface area contributed by atoms with Gasteiger partial charge in [0.1, 0.15) is 0 Å². The minimum Gasteiger partial charge on any atom is -0.334 e. The average molecular weight is 448 g/mol. The first-order valence-corrected chi connectivity index (χ1v) is 11.7. The number of carbonyl (C=O) groups is 2. The molecule has 8 heteroatoms. The summed E-state index contributed by atoms with van der Waals surface area (Å²) in [5, 5.41) is 2.37. The van der Waals surface area contributed by atoms with Crippen LogP contribution in [0.5, 0.6) is 0 Å². The molecule has 2 aliphatic rings. The van der Waals surface area contributed by atoms with Crippen LogP contribution in [0.3, 0.4) is 0 Å². The molecule has 7 nitrogen and oxygen atoms in total. The highest BCUT2D eigenvalue weighted by Crippen LogP contribution is 2.30. The van der Waals surface area contributed by atoms with Crippen molar-refractivity contribution in [3.05, 3.63) is 64.9 Å². The summed E-state index contributed by atoms with van der Waals surface area (Å²) in [6, 6.07) is 12.3. The first kappa shape index (κ1) is 20.8. The van der Waals surface area contributed by atoms with Gasteiger partial charge in [-0.2, -0.15) is 0 Å². The highest BCUT2D eigenvalue weighted by molar-refractivity contribution is 7.11. The number of nitrogens with zero attached hydrogens (tertiary/aromatic N) is 5. The summed E-state index contributed by atoms with van der Waals surface area (Å²) in [4.78, 5) is 40.1. The highest BCUT2D eigenvalue weighted by Gasteiger charge is 2.36. The number of rotatable bonds is 4. The first-order chi connectivity index (χ1) is 15.6. The SMILES string of the molecule is Cc1ncccc1-c1cccc(N2CC(N3CCN(C(=O)c4nccs4)CC3)CC2=O)c1. The molecule has 3 aromatic rings. The van der Waals surface area contributed by atoms with E-state index < -0.39 is 0 Å². The lowest BCUT2D eigenvalue weighted by molar-refractivity contribution is -0.117. The normalized spacial score (nSPS) is 19.5. The van der Waals surface area contributed by atoms with E-state index in [-0.39, 0.29) is 17.9 Å². The van der Waals surface area contributed by atoms with Crippen molar-refractivity contribution in [2.75, 3.05) is 37.6 Å². The van der Waals surface area contributed by atoms with Crippen LogP contribution in [-0.4, -0.2) is 70.3 Å². The van der Waals surface area contributed by atoms with E-state index in [0.717, 1.165) is 35.6 Å². The van der Waals surface area contributed by atoms with E-state index in [9.17, 15) is 9.59 Å². The maximum atomic E-state index is 12.9. The Morgan fingerprint density at radius 2 is 1.91 bits per heavy atom. The van der Waals surface area contributed by atoms with E-state index in [4.69, 9.17) is 0 Å². The number of aromatic nitrogens is 2. The number of amides is 2. The summed E-state index contributed by atoms with van der Waals surface area (Å²) >= 11 is 1.38. The van der Waals surface area contributed by atoms with Gasteiger partial charge >= 0.3 is 0 Å². The number of pyridine rings is 1. The predicted octanol–water partition coefficient (Wildman–Crippen LogP) is 3.08. The molecule has 2 fully saturated rings. The van der Waals surface area contributed by atoms with Crippen molar-refractivity contribution in [1.29, 1.82) is 0 Å². The molecule has 0 N–H and O–H groups in total. The fourth-order valence-electron chi connectivity index (χ4n) is 4.57. The van der Waals surface area contributed by atoms with Crippen molar-refractivity contribution in [3.8, 4) is 11.1 Å². The molecule has 0 bridgehead atoms. The zero-order valence-corrected chi connectivity index (χ0v) is 18.8. The summed E-state index contributed by atoms with van der Waals surface area (Å²) in [5.74, 6) is 0.155. The predicted molar refractivity (Wildman–Crippen MR) is 125 cm³/mol. The number of hydrogen-bond acceptors (Lipinski definition) is 6. The second-order valence-electron chi connectivity index (χ2n) is 8.21. The molecular weight excluding hydrogens is 422 g/mol. The molecule has 4 heterocycles. The van der Waals surface area contributed by atoms with E-state index >= 15 is 0 Å². The Hall–Kier alpha value is -3.10. The lowest BCUT2D eigenvalue weighted by atomic mass is 10.0. The Balaban J connectivity index is 1.25. The number of piperazine rings is 1. The molecule has 1 atom stereocenters. The average Bonchev–Trinajstić information content (AvgIpc) is 3.49. The molecule has 0 radical (unpaired) electrons. The largest absolute Gasteiger partial charge is 0.334 e. The number of hydrogen-bond donors (Lipinski definition) is 0. The second-order valence-corrected chi connectivity index (χ2v) is 9.11. The van der Waals surface area contributed by atoms with Gasteiger partial charge in [0.25, 0.3) is 5.91 Å². The van der Waals surface area contributed by atoms with Gasteiger partial charge in [-0.3, -0.25) is 19.5 Å². The van der Waals surface area contributed by atoms with E-state index in [1.54, 1.807) is 12.4 Å². The Bertz CT molecular complexity index is 1120. The minimum atomic E-state index is 0.00582. The van der Waals surface area contributed by atoms with Crippen molar-refractivity contribution in [3.63, 3.8) is 0 Å². The molecule has 164 valence electrons. The molecule has 0 saturated carbocycles. The molecular formula is C24H25N5O2S. The Kier molecular flexibility index (Phi) is 5.71. The van der Waals surface area contributed by atoms with Crippen molar-refractivity contribution >= 4 is 28.8 Å². The number of aryl methyl sites for hydroxylation is 1. The number of anilines is 1. The smallest absolute Gasteiger partial charge is 0.282 e. The molecule has 0 spiro atoms. The first-order valence-electron chi connectivity index (χ1n) is 10.9. The Morgan fingerprint density at radius 3 is 2.66 bits per heavy atom. The summed E-state index contributed by atoms with van der Waals surface area (Å²) in [7, 11) is 0. The lowest BCUT2D eigenvalue weighted by Crippen LogP contribution is -2.52. The van der Waals surface area contributed by atoms with Gasteiger partial charge < -0.3 is 9.80 Å². The van der Waals surface area contributed by atoms with Crippen molar-refractivity contribution < 1.29 is 9.59 Å². The van der Waals surface area contributed by atoms with Crippen LogP contribution in [0.15, 0.2) is 54.2 Å². The van der Waals surface area contributed by atoms with E-state index in [0.29, 0.717) is 31.1 Å². The van der Waals surface area contributed by atoms with E-state index in [1.165, 1.54) is 11.3 Å². The molecule has 1 unspecified atom stereocenters. The Labute approximate surface area is 191 Å². The van der Waals surface area contributed by atoms with Crippen LogP contribution in [0.25, 0.3) is 11.1 Å². The lowest BCUT2D eigenvalue weighted by Gasteiger charge is -2.37. The molecule has 2 saturated heterocycles. The minimum absolute atomic E-state index is 0.00582. The zero-order valence-electron chi connectivity index (χ0n) is 18.0. The molecule has 32 heavy (non-hydrogen) atoms. The fourth-order valence-corrected chi connectivity index (χ4v) is 5.17. The Morgan fingerprint density at radius 1 is 1.06 bits per heavy atom. The van der Waals surface area contributed by atoms with Gasteiger partial charge in [-0.05, 0) is 30.7 Å². The van der Waals surface area contributed by atoms with Crippen LogP contribution < -0.4 is 4.90 Å². The molecule has 0 aliphatic carbocycles. The number of carbonyl (C=O) groups excluding carboxylic acids is 2. The van der Waals surface area contributed by atoms with Crippen LogP contribution >= 0.6 is 11.3 Å². The van der Waals surface area contributed by atoms with Gasteiger partial charge in [0, 0.05) is 79.9 Å². The van der Waals surface area contributed by atoms with E-state index in [1.807, 2.05) is 40.3 Å². The van der Waals surface area contributed by atoms with Crippen molar-refractivity contribution in [2.24, 2.45) is 0 Å². The standard InChI is InChI=1S/C24H25N5O2S/c1-17-21(6-3-7-25-17)18-4-2-5-19(14-18)29-16-20(15-22(29)30)27-9-11-28(12-10-27)24(31)23-26-8-13-32-23/h2-8,13-14,20H,9-12,15-16H2,1H3. The molecule has 2 aliphatic heterocycles. The number of benzene rings is 1. The van der Waals surface area contributed by atoms with Gasteiger partial charge in [-0.15, -0.1) is 11.3 Å². The zero-order chi connectivity index (χ0) is 22.1. The molecule has 2 amide bonds. The van der Waals surface area contributed by atoms with Gasteiger partial charge in [-0.25, -0.2) is 4.98 Å². The van der Waals surface area contributed by atoms with Crippen molar-refractivity contribution in [2.45, 2.75) is 19.4 Å². The number of thiazole rings is 1. The molecule has 2 aromatic heterocycles. The van der Waals surface area contributed by atoms with Crippen LogP contribution in [0.1, 0.15) is 21.9 Å². The van der Waals surface area contributed by atoms with Gasteiger partial charge in [0.2, 0.25) is 5.91 Å². The summed E-state index contributed by atoms with van der Waals surface area (Å²) < 4.78 is 0. The molecule has 5 rings (SSSR count). The van der Waals surface area contributed by atoms with E-state index in [2.05, 4.69) is 33.1 Å². The van der Waals surface area contributed by atoms with Crippen LogP contribution in [0.4, 0.5) is 5.69 Å². The second kappa shape index (κ2) is 8.80. The van der Waals surface area contributed by atoms with Crippen LogP contribution in [0.2, 0.25) is 0 Å². The van der Waals surface area contributed by atoms with Gasteiger partial charge in [0.05, 0.1) is 0 Å².